The molecule has 0 spiro atoms. The lowest BCUT2D eigenvalue weighted by molar-refractivity contribution is -0.124. The number of aromatic nitrogens is 2. The van der Waals surface area contributed by atoms with Crippen molar-refractivity contribution >= 4 is 5.91 Å². The van der Waals surface area contributed by atoms with Crippen LogP contribution in [0, 0.1) is 5.82 Å². The lowest BCUT2D eigenvalue weighted by Gasteiger charge is -2.34. The van der Waals surface area contributed by atoms with E-state index in [0.29, 0.717) is 25.2 Å². The molecule has 0 unspecified atom stereocenters. The molecule has 1 atom stereocenters. The van der Waals surface area contributed by atoms with Gasteiger partial charge in [-0.05, 0) is 41.8 Å². The Balaban J connectivity index is 1.57. The topological polar surface area (TPSA) is 64.2 Å². The molecule has 1 amide bonds. The molecule has 1 aliphatic rings. The number of carbonyl (C=O) groups is 1. The van der Waals surface area contributed by atoms with Crippen molar-refractivity contribution in [2.24, 2.45) is 5.73 Å². The first kappa shape index (κ1) is 16.5. The van der Waals surface area contributed by atoms with Crippen molar-refractivity contribution in [3.63, 3.8) is 0 Å². The van der Waals surface area contributed by atoms with E-state index in [1.54, 1.807) is 23.0 Å². The van der Waals surface area contributed by atoms with E-state index < -0.39 is 0 Å². The van der Waals surface area contributed by atoms with E-state index in [0.717, 1.165) is 11.3 Å². The third-order valence-electron chi connectivity index (χ3n) is 4.76. The second-order valence-corrected chi connectivity index (χ2v) is 6.53. The molecule has 0 radical (unpaired) electrons. The standard InChI is InChI=1S/C20H19FN4O/c21-16-6-3-7-18(11-16)25-9-8-17(23-25)13-24-12-15-5-2-1-4-14(15)10-19(24)20(22)26/h1-9,11,19H,10,12-13H2,(H2,22,26)/t19-/m0/s1. The molecule has 2 heterocycles. The molecule has 0 saturated carbocycles. The second kappa shape index (κ2) is 6.72. The monoisotopic (exact) mass is 350 g/mol. The van der Waals surface area contributed by atoms with E-state index in [9.17, 15) is 9.18 Å². The first-order chi connectivity index (χ1) is 12.6. The van der Waals surface area contributed by atoms with Gasteiger partial charge in [-0.1, -0.05) is 30.3 Å². The summed E-state index contributed by atoms with van der Waals surface area (Å²) in [5.74, 6) is -0.634. The van der Waals surface area contributed by atoms with E-state index in [4.69, 9.17) is 5.73 Å². The Morgan fingerprint density at radius 3 is 2.73 bits per heavy atom. The van der Waals surface area contributed by atoms with Crippen LogP contribution in [0.25, 0.3) is 5.69 Å². The number of primary amides is 1. The van der Waals surface area contributed by atoms with Crippen LogP contribution in [0.3, 0.4) is 0 Å². The van der Waals surface area contributed by atoms with Gasteiger partial charge in [0.25, 0.3) is 0 Å². The van der Waals surface area contributed by atoms with Crippen LogP contribution in [0.5, 0.6) is 0 Å². The molecule has 3 aromatic rings. The number of nitrogens with two attached hydrogens (primary N) is 1. The minimum Gasteiger partial charge on any atom is -0.368 e. The molecule has 0 saturated heterocycles. The fraction of sp³-hybridized carbons (Fsp3) is 0.200. The molecule has 2 aromatic carbocycles. The fourth-order valence-corrected chi connectivity index (χ4v) is 3.44. The zero-order valence-corrected chi connectivity index (χ0v) is 14.2. The average molecular weight is 350 g/mol. The Kier molecular flexibility index (Phi) is 4.26. The molecule has 1 aliphatic heterocycles. The summed E-state index contributed by atoms with van der Waals surface area (Å²) in [5, 5.41) is 4.52. The Labute approximate surface area is 150 Å². The van der Waals surface area contributed by atoms with E-state index in [1.165, 1.54) is 17.7 Å². The number of benzene rings is 2. The summed E-state index contributed by atoms with van der Waals surface area (Å²) in [6.45, 7) is 1.15. The van der Waals surface area contributed by atoms with Gasteiger partial charge in [-0.25, -0.2) is 9.07 Å². The number of hydrogen-bond acceptors (Lipinski definition) is 3. The lowest BCUT2D eigenvalue weighted by atomic mass is 9.93. The van der Waals surface area contributed by atoms with E-state index in [2.05, 4.69) is 11.2 Å². The summed E-state index contributed by atoms with van der Waals surface area (Å²) in [6, 6.07) is 15.9. The van der Waals surface area contributed by atoms with Crippen LogP contribution in [0.2, 0.25) is 0 Å². The quantitative estimate of drug-likeness (QED) is 0.786. The van der Waals surface area contributed by atoms with Crippen LogP contribution in [0.4, 0.5) is 4.39 Å². The van der Waals surface area contributed by atoms with Gasteiger partial charge >= 0.3 is 0 Å². The second-order valence-electron chi connectivity index (χ2n) is 6.53. The summed E-state index contributed by atoms with van der Waals surface area (Å²) < 4.78 is 15.0. The van der Waals surface area contributed by atoms with Gasteiger partial charge in [0, 0.05) is 19.3 Å². The largest absolute Gasteiger partial charge is 0.368 e. The number of carbonyl (C=O) groups excluding carboxylic acids is 1. The molecule has 5 nitrogen and oxygen atoms in total. The molecule has 0 aliphatic carbocycles. The summed E-state index contributed by atoms with van der Waals surface area (Å²) in [5.41, 5.74) is 9.47. The highest BCUT2D eigenvalue weighted by atomic mass is 19.1. The van der Waals surface area contributed by atoms with Gasteiger partial charge in [0.2, 0.25) is 5.91 Å². The number of fused-ring (bicyclic) bond motifs is 1. The van der Waals surface area contributed by atoms with Crippen molar-refractivity contribution in [2.75, 3.05) is 0 Å². The Hall–Kier alpha value is -2.99. The fourth-order valence-electron chi connectivity index (χ4n) is 3.44. The Morgan fingerprint density at radius 1 is 1.15 bits per heavy atom. The number of amides is 1. The van der Waals surface area contributed by atoms with Gasteiger partial charge in [-0.2, -0.15) is 5.10 Å². The SMILES string of the molecule is NC(=O)[C@@H]1Cc2ccccc2CN1Cc1ccn(-c2cccc(F)c2)n1. The minimum atomic E-state index is -0.357. The summed E-state index contributed by atoms with van der Waals surface area (Å²) in [7, 11) is 0. The molecule has 26 heavy (non-hydrogen) atoms. The summed E-state index contributed by atoms with van der Waals surface area (Å²) in [4.78, 5) is 14.0. The zero-order chi connectivity index (χ0) is 18.1. The van der Waals surface area contributed by atoms with Crippen LogP contribution in [-0.4, -0.2) is 26.6 Å². The van der Waals surface area contributed by atoms with Gasteiger partial charge in [0.15, 0.2) is 0 Å². The molecule has 0 bridgehead atoms. The number of nitrogens with zero attached hydrogens (tertiary/aromatic N) is 3. The van der Waals surface area contributed by atoms with Crippen molar-refractivity contribution in [3.05, 3.63) is 83.4 Å². The maximum Gasteiger partial charge on any atom is 0.235 e. The maximum atomic E-state index is 13.4. The molecule has 4 rings (SSSR count). The summed E-state index contributed by atoms with van der Waals surface area (Å²) in [6.07, 6.45) is 2.40. The van der Waals surface area contributed by atoms with Crippen molar-refractivity contribution in [1.29, 1.82) is 0 Å². The minimum absolute atomic E-state index is 0.305. The third kappa shape index (κ3) is 3.23. The predicted molar refractivity (Wildman–Crippen MR) is 95.9 cm³/mol. The normalized spacial score (nSPS) is 17.0. The summed E-state index contributed by atoms with van der Waals surface area (Å²) >= 11 is 0. The molecular weight excluding hydrogens is 331 g/mol. The van der Waals surface area contributed by atoms with Crippen LogP contribution in [-0.2, 0) is 24.3 Å². The van der Waals surface area contributed by atoms with Crippen LogP contribution < -0.4 is 5.73 Å². The number of rotatable bonds is 4. The van der Waals surface area contributed by atoms with Crippen LogP contribution in [0.1, 0.15) is 16.8 Å². The van der Waals surface area contributed by atoms with Gasteiger partial charge in [-0.3, -0.25) is 9.69 Å². The van der Waals surface area contributed by atoms with E-state index in [-0.39, 0.29) is 17.8 Å². The molecule has 2 N–H and O–H groups in total. The Bertz CT molecular complexity index is 952. The number of halogens is 1. The van der Waals surface area contributed by atoms with Crippen molar-refractivity contribution in [3.8, 4) is 5.69 Å². The molecular formula is C20H19FN4O. The third-order valence-corrected chi connectivity index (χ3v) is 4.76. The van der Waals surface area contributed by atoms with Gasteiger partial charge < -0.3 is 5.73 Å². The molecule has 132 valence electrons. The lowest BCUT2D eigenvalue weighted by Crippen LogP contribution is -2.48. The van der Waals surface area contributed by atoms with E-state index >= 15 is 0 Å². The highest BCUT2D eigenvalue weighted by molar-refractivity contribution is 5.80. The molecule has 0 fully saturated rings. The number of hydrogen-bond donors (Lipinski definition) is 1. The Morgan fingerprint density at radius 2 is 1.96 bits per heavy atom. The first-order valence-corrected chi connectivity index (χ1v) is 8.51. The maximum absolute atomic E-state index is 13.4. The van der Waals surface area contributed by atoms with Crippen molar-refractivity contribution in [2.45, 2.75) is 25.6 Å². The van der Waals surface area contributed by atoms with Gasteiger partial charge in [0.05, 0.1) is 17.4 Å². The van der Waals surface area contributed by atoms with Gasteiger partial charge in [-0.15, -0.1) is 0 Å². The average Bonchev–Trinajstić information content (AvgIpc) is 3.09. The van der Waals surface area contributed by atoms with E-state index in [1.807, 2.05) is 29.2 Å². The van der Waals surface area contributed by atoms with Crippen LogP contribution in [0.15, 0.2) is 60.8 Å². The molecule has 6 heteroatoms. The van der Waals surface area contributed by atoms with Gasteiger partial charge in [0.1, 0.15) is 5.82 Å². The smallest absolute Gasteiger partial charge is 0.235 e. The highest BCUT2D eigenvalue weighted by Crippen LogP contribution is 2.24. The zero-order valence-electron chi connectivity index (χ0n) is 14.2. The highest BCUT2D eigenvalue weighted by Gasteiger charge is 2.30. The van der Waals surface area contributed by atoms with Crippen molar-refractivity contribution < 1.29 is 9.18 Å². The van der Waals surface area contributed by atoms with Crippen LogP contribution >= 0.6 is 0 Å². The first-order valence-electron chi connectivity index (χ1n) is 8.51. The predicted octanol–water partition coefficient (Wildman–Crippen LogP) is 2.42. The molecule has 1 aromatic heterocycles. The van der Waals surface area contributed by atoms with Crippen molar-refractivity contribution in [1.82, 2.24) is 14.7 Å².